The van der Waals surface area contributed by atoms with Crippen LogP contribution in [-0.2, 0) is 13.0 Å². The number of hydrogen-bond acceptors (Lipinski definition) is 7. The normalized spacial score (nSPS) is 14.3. The van der Waals surface area contributed by atoms with Gasteiger partial charge in [0.25, 0.3) is 5.91 Å². The van der Waals surface area contributed by atoms with Gasteiger partial charge in [0, 0.05) is 85.5 Å². The molecule has 0 saturated heterocycles. The molecule has 2 aromatic heterocycles. The van der Waals surface area contributed by atoms with Gasteiger partial charge in [-0.15, -0.1) is 0 Å². The van der Waals surface area contributed by atoms with Crippen LogP contribution in [0.1, 0.15) is 34.0 Å². The molecule has 1 aliphatic heterocycles. The summed E-state index contributed by atoms with van der Waals surface area (Å²) in [5, 5.41) is 9.69. The zero-order valence-corrected chi connectivity index (χ0v) is 25.7. The van der Waals surface area contributed by atoms with Crippen molar-refractivity contribution in [1.82, 2.24) is 23.7 Å². The number of methoxy groups -OCH3 is 1. The van der Waals surface area contributed by atoms with Crippen molar-refractivity contribution >= 4 is 47.4 Å². The molecule has 0 radical (unpaired) electrons. The van der Waals surface area contributed by atoms with Crippen LogP contribution in [-0.4, -0.2) is 75.2 Å². The minimum atomic E-state index is -0.584. The lowest BCUT2D eigenvalue weighted by molar-refractivity contribution is 0.0703. The molecular formula is C29H32IN5O3S. The molecule has 1 aliphatic rings. The molecule has 0 spiro atoms. The molecule has 204 valence electrons. The quantitative estimate of drug-likeness (QED) is 0.268. The van der Waals surface area contributed by atoms with E-state index >= 15 is 0 Å². The second-order valence-electron chi connectivity index (χ2n) is 10.2. The third kappa shape index (κ3) is 5.52. The van der Waals surface area contributed by atoms with Gasteiger partial charge in [0.1, 0.15) is 11.3 Å². The second-order valence-corrected chi connectivity index (χ2v) is 11.9. The number of aromatic nitrogens is 3. The first-order chi connectivity index (χ1) is 18.7. The van der Waals surface area contributed by atoms with Crippen molar-refractivity contribution in [1.29, 1.82) is 0 Å². The number of aryl methyl sites for hydroxylation is 1. The van der Waals surface area contributed by atoms with Crippen LogP contribution in [0, 0.1) is 6.92 Å². The lowest BCUT2D eigenvalue weighted by Crippen LogP contribution is -2.33. The molecule has 1 N–H and O–H groups in total. The van der Waals surface area contributed by atoms with E-state index in [0.717, 1.165) is 64.4 Å². The first-order valence-electron chi connectivity index (χ1n) is 12.8. The van der Waals surface area contributed by atoms with Gasteiger partial charge in [0.15, 0.2) is 5.65 Å². The number of rotatable bonds is 7. The summed E-state index contributed by atoms with van der Waals surface area (Å²) in [5.74, 6) is 0.771. The number of fused-ring (bicyclic) bond motifs is 2. The smallest absolute Gasteiger partial charge is 0.253 e. The molecule has 0 aliphatic carbocycles. The predicted molar refractivity (Wildman–Crippen MR) is 165 cm³/mol. The van der Waals surface area contributed by atoms with E-state index in [1.807, 2.05) is 41.5 Å². The fraction of sp³-hybridized carbons (Fsp3) is 0.345. The first-order valence-corrected chi connectivity index (χ1v) is 16.1. The van der Waals surface area contributed by atoms with Crippen LogP contribution in [0.3, 0.4) is 0 Å². The average Bonchev–Trinajstić information content (AvgIpc) is 3.29. The Morgan fingerprint density at radius 2 is 2.08 bits per heavy atom. The number of amides is 1. The molecule has 0 bridgehead atoms. The van der Waals surface area contributed by atoms with Gasteiger partial charge in [-0.3, -0.25) is 8.77 Å². The lowest BCUT2D eigenvalue weighted by Gasteiger charge is -2.27. The number of ether oxygens (including phenoxy) is 1. The minimum absolute atomic E-state index is 0.111. The monoisotopic (exact) mass is 657 g/mol. The molecule has 0 fully saturated rings. The summed E-state index contributed by atoms with van der Waals surface area (Å²) in [7, 11) is 7.09. The fourth-order valence-electron chi connectivity index (χ4n) is 5.22. The van der Waals surface area contributed by atoms with E-state index in [0.29, 0.717) is 5.56 Å². The number of aliphatic hydroxyl groups is 1. The number of carbonyl (C=O) groups is 1. The van der Waals surface area contributed by atoms with Crippen molar-refractivity contribution in [2.75, 3.05) is 34.3 Å². The largest absolute Gasteiger partial charge is 0.496 e. The Hall–Kier alpha value is -2.67. The van der Waals surface area contributed by atoms with Crippen LogP contribution in [0.15, 0.2) is 42.7 Å². The summed E-state index contributed by atoms with van der Waals surface area (Å²) in [4.78, 5) is 26.7. The molecule has 3 heterocycles. The van der Waals surface area contributed by atoms with E-state index in [-0.39, 0.29) is 12.5 Å². The lowest BCUT2D eigenvalue weighted by atomic mass is 9.95. The highest BCUT2D eigenvalue weighted by molar-refractivity contribution is 14.2. The Morgan fingerprint density at radius 3 is 2.77 bits per heavy atom. The zero-order chi connectivity index (χ0) is 27.8. The van der Waals surface area contributed by atoms with E-state index in [1.54, 1.807) is 26.0 Å². The van der Waals surface area contributed by atoms with Gasteiger partial charge in [-0.05, 0) is 62.2 Å². The Balaban J connectivity index is 1.57. The van der Waals surface area contributed by atoms with Crippen molar-refractivity contribution in [3.63, 3.8) is 0 Å². The number of aliphatic hydroxyl groups excluding tert-OH is 1. The molecule has 8 nitrogen and oxygen atoms in total. The number of nitrogens with zero attached hydrogens (tertiary/aromatic N) is 5. The SMILES string of the molecule is COc1cc(-c2cnc3c(n2)c(-c2ccc(C(=O)N(C)CC(C)O)c(C)c2)cn3SI)cc2c1CN(C)CC2. The van der Waals surface area contributed by atoms with E-state index in [1.165, 1.54) is 20.2 Å². The Labute approximate surface area is 245 Å². The van der Waals surface area contributed by atoms with E-state index in [9.17, 15) is 9.90 Å². The number of likely N-dealkylation sites (N-methyl/N-ethyl adjacent to an activating group) is 2. The Morgan fingerprint density at radius 1 is 1.28 bits per heavy atom. The summed E-state index contributed by atoms with van der Waals surface area (Å²) < 4.78 is 7.79. The molecule has 2 aromatic carbocycles. The summed E-state index contributed by atoms with van der Waals surface area (Å²) in [6, 6.07) is 10.1. The summed E-state index contributed by atoms with van der Waals surface area (Å²) in [6.07, 6.45) is 4.26. The topological polar surface area (TPSA) is 83.7 Å². The molecule has 1 amide bonds. The molecule has 4 aromatic rings. The zero-order valence-electron chi connectivity index (χ0n) is 22.7. The molecule has 5 rings (SSSR count). The highest BCUT2D eigenvalue weighted by Crippen LogP contribution is 2.37. The summed E-state index contributed by atoms with van der Waals surface area (Å²) >= 11 is 2.25. The second kappa shape index (κ2) is 11.4. The summed E-state index contributed by atoms with van der Waals surface area (Å²) in [5.41, 5.74) is 9.31. The van der Waals surface area contributed by atoms with Crippen LogP contribution in [0.4, 0.5) is 0 Å². The van der Waals surface area contributed by atoms with Crippen molar-refractivity contribution in [3.05, 3.63) is 65.0 Å². The molecule has 0 saturated carbocycles. The van der Waals surface area contributed by atoms with Crippen molar-refractivity contribution in [2.24, 2.45) is 0 Å². The first kappa shape index (κ1) is 27.9. The van der Waals surface area contributed by atoms with Gasteiger partial charge in [0.05, 0.1) is 25.1 Å². The molecule has 1 unspecified atom stereocenters. The molecule has 10 heteroatoms. The van der Waals surface area contributed by atoms with Gasteiger partial charge in [0.2, 0.25) is 0 Å². The van der Waals surface area contributed by atoms with Gasteiger partial charge in [-0.25, -0.2) is 9.97 Å². The number of carbonyl (C=O) groups excluding carboxylic acids is 1. The highest BCUT2D eigenvalue weighted by Gasteiger charge is 2.22. The standard InChI is InChI=1S/C29H32IN5O3S/c1-17-10-19(6-7-22(17)29(37)34(4)14-18(2)36)24-16-35(39-30)28-27(24)32-25(13-31-28)21-11-20-8-9-33(3)15-23(20)26(12-21)38-5/h6-7,10-13,16,18,36H,8-9,14-15H2,1-5H3. The number of hydrogen-bond donors (Lipinski definition) is 1. The van der Waals surface area contributed by atoms with Crippen LogP contribution < -0.4 is 4.74 Å². The number of benzene rings is 2. The Kier molecular flexibility index (Phi) is 8.18. The van der Waals surface area contributed by atoms with Crippen LogP contribution in [0.2, 0.25) is 0 Å². The van der Waals surface area contributed by atoms with Crippen molar-refractivity contribution < 1.29 is 14.6 Å². The minimum Gasteiger partial charge on any atom is -0.496 e. The molecule has 39 heavy (non-hydrogen) atoms. The highest BCUT2D eigenvalue weighted by atomic mass is 127. The van der Waals surface area contributed by atoms with Crippen LogP contribution in [0.25, 0.3) is 33.5 Å². The van der Waals surface area contributed by atoms with Gasteiger partial charge >= 0.3 is 0 Å². The predicted octanol–water partition coefficient (Wildman–Crippen LogP) is 5.37. The van der Waals surface area contributed by atoms with Crippen LogP contribution >= 0.6 is 30.3 Å². The van der Waals surface area contributed by atoms with Gasteiger partial charge < -0.3 is 19.6 Å². The average molecular weight is 658 g/mol. The maximum Gasteiger partial charge on any atom is 0.253 e. The fourth-order valence-corrected chi connectivity index (χ4v) is 6.46. The molecular weight excluding hydrogens is 625 g/mol. The van der Waals surface area contributed by atoms with Gasteiger partial charge in [-0.2, -0.15) is 0 Å². The van der Waals surface area contributed by atoms with E-state index in [2.05, 4.69) is 45.3 Å². The third-order valence-corrected chi connectivity index (χ3v) is 8.90. The maximum absolute atomic E-state index is 13.0. The van der Waals surface area contributed by atoms with Crippen molar-refractivity contribution in [3.8, 4) is 28.1 Å². The Bertz CT molecular complexity index is 1540. The third-order valence-electron chi connectivity index (χ3n) is 7.20. The molecule has 1 atom stereocenters. The van der Waals surface area contributed by atoms with Gasteiger partial charge in [-0.1, -0.05) is 12.1 Å². The van der Waals surface area contributed by atoms with Crippen LogP contribution in [0.5, 0.6) is 5.75 Å². The van der Waals surface area contributed by atoms with E-state index < -0.39 is 6.10 Å². The maximum atomic E-state index is 13.0. The summed E-state index contributed by atoms with van der Waals surface area (Å²) in [6.45, 7) is 5.78. The van der Waals surface area contributed by atoms with Crippen molar-refractivity contribution in [2.45, 2.75) is 32.9 Å². The van der Waals surface area contributed by atoms with E-state index in [4.69, 9.17) is 14.7 Å². The number of halogens is 1.